The van der Waals surface area contributed by atoms with E-state index in [1.54, 1.807) is 0 Å². The number of benzene rings is 1. The first-order valence-corrected chi connectivity index (χ1v) is 4.32. The fraction of sp³-hybridized carbons (Fsp3) is 0.250. The van der Waals surface area contributed by atoms with E-state index in [-0.39, 0.29) is 12.4 Å². The number of anilines is 1. The van der Waals surface area contributed by atoms with Gasteiger partial charge in [0.2, 0.25) is 0 Å². The van der Waals surface area contributed by atoms with Crippen LogP contribution in [0.4, 0.5) is 5.69 Å². The van der Waals surface area contributed by atoms with Gasteiger partial charge in [0.05, 0.1) is 5.69 Å². The lowest BCUT2D eigenvalue weighted by Gasteiger charge is -2.18. The van der Waals surface area contributed by atoms with E-state index < -0.39 is 0 Å². The van der Waals surface area contributed by atoms with Gasteiger partial charge in [0, 0.05) is 11.0 Å². The predicted octanol–water partition coefficient (Wildman–Crippen LogP) is 2.68. The Hall–Kier alpha value is -0.410. The minimum absolute atomic E-state index is 0. The SMILES string of the molecule is Brc1ccc2c(c1)OCCN2.Cl. The molecule has 1 N–H and O–H groups in total. The third-order valence-electron chi connectivity index (χ3n) is 1.62. The molecule has 0 fully saturated rings. The average molecular weight is 251 g/mol. The summed E-state index contributed by atoms with van der Waals surface area (Å²) < 4.78 is 6.47. The third-order valence-corrected chi connectivity index (χ3v) is 2.11. The molecule has 12 heavy (non-hydrogen) atoms. The maximum atomic E-state index is 5.41. The third kappa shape index (κ3) is 1.84. The van der Waals surface area contributed by atoms with E-state index in [2.05, 4.69) is 21.2 Å². The minimum atomic E-state index is 0. The molecule has 1 aliphatic rings. The Labute approximate surface area is 85.8 Å². The van der Waals surface area contributed by atoms with Crippen LogP contribution in [0.2, 0.25) is 0 Å². The zero-order valence-corrected chi connectivity index (χ0v) is 8.74. The summed E-state index contributed by atoms with van der Waals surface area (Å²) >= 11 is 3.38. The molecule has 0 spiro atoms. The summed E-state index contributed by atoms with van der Waals surface area (Å²) in [6.45, 7) is 1.65. The molecule has 1 aromatic carbocycles. The highest BCUT2D eigenvalue weighted by Gasteiger charge is 2.07. The van der Waals surface area contributed by atoms with Gasteiger partial charge in [-0.05, 0) is 18.2 Å². The van der Waals surface area contributed by atoms with Crippen LogP contribution in [0.25, 0.3) is 0 Å². The zero-order valence-electron chi connectivity index (χ0n) is 6.34. The van der Waals surface area contributed by atoms with Crippen molar-refractivity contribution in [2.24, 2.45) is 0 Å². The minimum Gasteiger partial charge on any atom is -0.490 e. The van der Waals surface area contributed by atoms with Gasteiger partial charge in [0.25, 0.3) is 0 Å². The van der Waals surface area contributed by atoms with Crippen molar-refractivity contribution in [3.63, 3.8) is 0 Å². The van der Waals surface area contributed by atoms with Gasteiger partial charge in [-0.2, -0.15) is 0 Å². The van der Waals surface area contributed by atoms with E-state index in [0.717, 1.165) is 29.1 Å². The topological polar surface area (TPSA) is 21.3 Å². The molecule has 1 aromatic rings. The smallest absolute Gasteiger partial charge is 0.143 e. The van der Waals surface area contributed by atoms with Crippen LogP contribution in [-0.2, 0) is 0 Å². The normalized spacial score (nSPS) is 13.4. The van der Waals surface area contributed by atoms with Gasteiger partial charge in [-0.25, -0.2) is 0 Å². The largest absolute Gasteiger partial charge is 0.490 e. The Kier molecular flexibility index (Phi) is 3.23. The van der Waals surface area contributed by atoms with E-state index in [1.807, 2.05) is 18.2 Å². The molecule has 0 amide bonds. The maximum absolute atomic E-state index is 5.41. The molecule has 0 radical (unpaired) electrons. The second-order valence-electron chi connectivity index (χ2n) is 2.42. The summed E-state index contributed by atoms with van der Waals surface area (Å²) in [4.78, 5) is 0. The average Bonchev–Trinajstić information content (AvgIpc) is 2.04. The Bertz CT molecular complexity index is 280. The lowest BCUT2D eigenvalue weighted by Crippen LogP contribution is -2.17. The molecule has 1 aliphatic heterocycles. The Morgan fingerprint density at radius 2 is 2.25 bits per heavy atom. The quantitative estimate of drug-likeness (QED) is 0.764. The number of hydrogen-bond acceptors (Lipinski definition) is 2. The van der Waals surface area contributed by atoms with Crippen LogP contribution in [0.5, 0.6) is 5.75 Å². The number of nitrogens with one attached hydrogen (secondary N) is 1. The van der Waals surface area contributed by atoms with E-state index in [4.69, 9.17) is 4.74 Å². The summed E-state index contributed by atoms with van der Waals surface area (Å²) in [6.07, 6.45) is 0. The molecular formula is C8H9BrClNO. The van der Waals surface area contributed by atoms with Gasteiger partial charge >= 0.3 is 0 Å². The molecule has 0 unspecified atom stereocenters. The highest BCUT2D eigenvalue weighted by Crippen LogP contribution is 2.29. The van der Waals surface area contributed by atoms with Crippen molar-refractivity contribution in [3.05, 3.63) is 22.7 Å². The lowest BCUT2D eigenvalue weighted by molar-refractivity contribution is 0.323. The Morgan fingerprint density at radius 3 is 3.08 bits per heavy atom. The molecule has 2 nitrogen and oxygen atoms in total. The molecule has 1 heterocycles. The van der Waals surface area contributed by atoms with E-state index in [0.29, 0.717) is 0 Å². The molecule has 66 valence electrons. The first-order valence-electron chi connectivity index (χ1n) is 3.52. The van der Waals surface area contributed by atoms with Gasteiger partial charge < -0.3 is 10.1 Å². The van der Waals surface area contributed by atoms with Crippen LogP contribution < -0.4 is 10.1 Å². The van der Waals surface area contributed by atoms with Crippen molar-refractivity contribution >= 4 is 34.0 Å². The van der Waals surface area contributed by atoms with Crippen LogP contribution in [-0.4, -0.2) is 13.2 Å². The summed E-state index contributed by atoms with van der Waals surface area (Å²) in [5, 5.41) is 3.24. The Morgan fingerprint density at radius 1 is 1.42 bits per heavy atom. The summed E-state index contributed by atoms with van der Waals surface area (Å²) in [5.74, 6) is 0.936. The summed E-state index contributed by atoms with van der Waals surface area (Å²) in [7, 11) is 0. The molecule has 0 atom stereocenters. The van der Waals surface area contributed by atoms with Crippen molar-refractivity contribution in [1.29, 1.82) is 0 Å². The second-order valence-corrected chi connectivity index (χ2v) is 3.33. The number of fused-ring (bicyclic) bond motifs is 1. The highest BCUT2D eigenvalue weighted by molar-refractivity contribution is 9.10. The van der Waals surface area contributed by atoms with Crippen LogP contribution >= 0.6 is 28.3 Å². The number of ether oxygens (including phenoxy) is 1. The van der Waals surface area contributed by atoms with Gasteiger partial charge in [-0.1, -0.05) is 15.9 Å². The molecule has 2 rings (SSSR count). The van der Waals surface area contributed by atoms with Crippen molar-refractivity contribution in [2.75, 3.05) is 18.5 Å². The number of rotatable bonds is 0. The predicted molar refractivity (Wildman–Crippen MR) is 55.4 cm³/mol. The molecule has 0 aliphatic carbocycles. The maximum Gasteiger partial charge on any atom is 0.143 e. The van der Waals surface area contributed by atoms with Crippen LogP contribution in [0.15, 0.2) is 22.7 Å². The van der Waals surface area contributed by atoms with E-state index in [1.165, 1.54) is 0 Å². The summed E-state index contributed by atoms with van der Waals surface area (Å²) in [6, 6.07) is 5.99. The monoisotopic (exact) mass is 249 g/mol. The first-order chi connectivity index (χ1) is 5.36. The Balaban J connectivity index is 0.000000720. The lowest BCUT2D eigenvalue weighted by atomic mass is 10.2. The van der Waals surface area contributed by atoms with E-state index >= 15 is 0 Å². The molecular weight excluding hydrogens is 241 g/mol. The highest BCUT2D eigenvalue weighted by atomic mass is 79.9. The van der Waals surface area contributed by atoms with Crippen molar-refractivity contribution < 1.29 is 4.74 Å². The fourth-order valence-electron chi connectivity index (χ4n) is 1.11. The molecule has 0 saturated heterocycles. The molecule has 4 heteroatoms. The van der Waals surface area contributed by atoms with Crippen molar-refractivity contribution in [3.8, 4) is 5.75 Å². The van der Waals surface area contributed by atoms with Crippen LogP contribution in [0.3, 0.4) is 0 Å². The second kappa shape index (κ2) is 4.01. The molecule has 0 aromatic heterocycles. The van der Waals surface area contributed by atoms with E-state index in [9.17, 15) is 0 Å². The van der Waals surface area contributed by atoms with Gasteiger partial charge in [0.15, 0.2) is 0 Å². The van der Waals surface area contributed by atoms with Crippen molar-refractivity contribution in [2.45, 2.75) is 0 Å². The number of halogens is 2. The van der Waals surface area contributed by atoms with Crippen LogP contribution in [0, 0.1) is 0 Å². The molecule has 0 bridgehead atoms. The number of hydrogen-bond donors (Lipinski definition) is 1. The first kappa shape index (κ1) is 9.68. The van der Waals surface area contributed by atoms with Gasteiger partial charge in [-0.15, -0.1) is 12.4 Å². The fourth-order valence-corrected chi connectivity index (χ4v) is 1.45. The van der Waals surface area contributed by atoms with Gasteiger partial charge in [0.1, 0.15) is 12.4 Å². The van der Waals surface area contributed by atoms with Crippen LogP contribution in [0.1, 0.15) is 0 Å². The summed E-state index contributed by atoms with van der Waals surface area (Å²) in [5.41, 5.74) is 1.08. The standard InChI is InChI=1S/C8H8BrNO.ClH/c9-6-1-2-7-8(5-6)11-4-3-10-7;/h1-2,5,10H,3-4H2;1H. The van der Waals surface area contributed by atoms with Crippen molar-refractivity contribution in [1.82, 2.24) is 0 Å². The molecule has 0 saturated carbocycles. The van der Waals surface area contributed by atoms with Gasteiger partial charge in [-0.3, -0.25) is 0 Å². The zero-order chi connectivity index (χ0) is 7.68.